The molecule has 1 saturated heterocycles. The molecular formula is C15H17NO3. The summed E-state index contributed by atoms with van der Waals surface area (Å²) in [5.74, 6) is 0.422. The summed E-state index contributed by atoms with van der Waals surface area (Å²) in [7, 11) is 1.69. The van der Waals surface area contributed by atoms with Crippen molar-refractivity contribution >= 4 is 16.9 Å². The molecule has 1 aromatic carbocycles. The Morgan fingerprint density at radius 2 is 2.21 bits per heavy atom. The standard InChI is InChI=1S/C15H17NO3/c1-10-12-5-3-4-6-13(12)19-14(10)15(17)16-8-7-11(9-16)18-2/h3-6,11H,7-9H2,1-2H3. The number of ether oxygens (including phenoxy) is 1. The van der Waals surface area contributed by atoms with Crippen LogP contribution in [0.5, 0.6) is 0 Å². The van der Waals surface area contributed by atoms with Gasteiger partial charge in [0, 0.05) is 31.1 Å². The molecule has 1 fully saturated rings. The fourth-order valence-electron chi connectivity index (χ4n) is 2.63. The van der Waals surface area contributed by atoms with Crippen LogP contribution >= 0.6 is 0 Å². The summed E-state index contributed by atoms with van der Waals surface area (Å²) in [5, 5.41) is 1.01. The van der Waals surface area contributed by atoms with Crippen molar-refractivity contribution in [3.05, 3.63) is 35.6 Å². The molecule has 2 heterocycles. The van der Waals surface area contributed by atoms with Crippen LogP contribution in [0, 0.1) is 6.92 Å². The lowest BCUT2D eigenvalue weighted by Crippen LogP contribution is -2.30. The van der Waals surface area contributed by atoms with E-state index < -0.39 is 0 Å². The van der Waals surface area contributed by atoms with E-state index in [1.165, 1.54) is 0 Å². The molecule has 3 rings (SSSR count). The monoisotopic (exact) mass is 259 g/mol. The first-order valence-electron chi connectivity index (χ1n) is 6.51. The summed E-state index contributed by atoms with van der Waals surface area (Å²) >= 11 is 0. The molecule has 4 heteroatoms. The minimum absolute atomic E-state index is 0.0340. The molecular weight excluding hydrogens is 242 g/mol. The lowest BCUT2D eigenvalue weighted by Gasteiger charge is -2.14. The molecule has 2 aromatic rings. The topological polar surface area (TPSA) is 42.7 Å². The molecule has 1 aliphatic heterocycles. The molecule has 0 N–H and O–H groups in total. The number of rotatable bonds is 2. The highest BCUT2D eigenvalue weighted by Crippen LogP contribution is 2.27. The molecule has 1 amide bonds. The maximum absolute atomic E-state index is 12.5. The molecule has 0 aliphatic carbocycles. The van der Waals surface area contributed by atoms with E-state index in [-0.39, 0.29) is 12.0 Å². The molecule has 1 aromatic heterocycles. The molecule has 1 atom stereocenters. The van der Waals surface area contributed by atoms with Crippen LogP contribution in [-0.4, -0.2) is 37.1 Å². The predicted molar refractivity (Wildman–Crippen MR) is 72.3 cm³/mol. The zero-order valence-corrected chi connectivity index (χ0v) is 11.2. The van der Waals surface area contributed by atoms with Gasteiger partial charge in [0.1, 0.15) is 5.58 Å². The van der Waals surface area contributed by atoms with Gasteiger partial charge < -0.3 is 14.1 Å². The fourth-order valence-corrected chi connectivity index (χ4v) is 2.63. The third kappa shape index (κ3) is 2.02. The van der Waals surface area contributed by atoms with Crippen LogP contribution < -0.4 is 0 Å². The van der Waals surface area contributed by atoms with E-state index >= 15 is 0 Å². The van der Waals surface area contributed by atoms with Gasteiger partial charge in [0.05, 0.1) is 6.10 Å². The number of likely N-dealkylation sites (tertiary alicyclic amines) is 1. The predicted octanol–water partition coefficient (Wildman–Crippen LogP) is 2.60. The minimum Gasteiger partial charge on any atom is -0.451 e. The Morgan fingerprint density at radius 3 is 2.89 bits per heavy atom. The van der Waals surface area contributed by atoms with Gasteiger partial charge in [-0.25, -0.2) is 0 Å². The number of nitrogens with zero attached hydrogens (tertiary/aromatic N) is 1. The highest BCUT2D eigenvalue weighted by atomic mass is 16.5. The summed E-state index contributed by atoms with van der Waals surface area (Å²) < 4.78 is 11.0. The Labute approximate surface area is 111 Å². The maximum atomic E-state index is 12.5. The summed E-state index contributed by atoms with van der Waals surface area (Å²) in [4.78, 5) is 14.3. The van der Waals surface area contributed by atoms with Gasteiger partial charge in [0.25, 0.3) is 5.91 Å². The van der Waals surface area contributed by atoms with Gasteiger partial charge in [-0.05, 0) is 19.4 Å². The van der Waals surface area contributed by atoms with Crippen molar-refractivity contribution in [1.29, 1.82) is 0 Å². The largest absolute Gasteiger partial charge is 0.451 e. The summed E-state index contributed by atoms with van der Waals surface area (Å²) in [6, 6.07) is 7.74. The number of methoxy groups -OCH3 is 1. The van der Waals surface area contributed by atoms with Crippen molar-refractivity contribution in [2.45, 2.75) is 19.4 Å². The van der Waals surface area contributed by atoms with E-state index in [2.05, 4.69) is 0 Å². The van der Waals surface area contributed by atoms with Gasteiger partial charge in [0.2, 0.25) is 0 Å². The number of fused-ring (bicyclic) bond motifs is 1. The van der Waals surface area contributed by atoms with E-state index in [4.69, 9.17) is 9.15 Å². The van der Waals surface area contributed by atoms with Crippen molar-refractivity contribution in [3.8, 4) is 0 Å². The number of furan rings is 1. The van der Waals surface area contributed by atoms with E-state index in [0.717, 1.165) is 29.5 Å². The molecule has 19 heavy (non-hydrogen) atoms. The highest BCUT2D eigenvalue weighted by Gasteiger charge is 2.29. The second-order valence-electron chi connectivity index (χ2n) is 4.95. The Kier molecular flexibility index (Phi) is 3.03. The first-order chi connectivity index (χ1) is 9.20. The second-order valence-corrected chi connectivity index (χ2v) is 4.95. The van der Waals surface area contributed by atoms with E-state index in [9.17, 15) is 4.79 Å². The first kappa shape index (κ1) is 12.2. The van der Waals surface area contributed by atoms with Crippen molar-refractivity contribution in [2.75, 3.05) is 20.2 Å². The summed E-state index contributed by atoms with van der Waals surface area (Å²) in [6.45, 7) is 3.31. The van der Waals surface area contributed by atoms with Crippen LogP contribution in [0.3, 0.4) is 0 Å². The first-order valence-corrected chi connectivity index (χ1v) is 6.51. The lowest BCUT2D eigenvalue weighted by molar-refractivity contribution is 0.0697. The Bertz CT molecular complexity index is 617. The Hall–Kier alpha value is -1.81. The van der Waals surface area contributed by atoms with Crippen molar-refractivity contribution < 1.29 is 13.9 Å². The van der Waals surface area contributed by atoms with Crippen LogP contribution in [-0.2, 0) is 4.74 Å². The molecule has 1 aliphatic rings. The average molecular weight is 259 g/mol. The Morgan fingerprint density at radius 1 is 1.42 bits per heavy atom. The Balaban J connectivity index is 1.92. The second kappa shape index (κ2) is 4.70. The number of hydrogen-bond acceptors (Lipinski definition) is 3. The number of benzene rings is 1. The van der Waals surface area contributed by atoms with Crippen molar-refractivity contribution in [2.24, 2.45) is 0 Å². The molecule has 0 saturated carbocycles. The zero-order valence-electron chi connectivity index (χ0n) is 11.2. The van der Waals surface area contributed by atoms with E-state index in [0.29, 0.717) is 12.3 Å². The van der Waals surface area contributed by atoms with Crippen LogP contribution in [0.15, 0.2) is 28.7 Å². The molecule has 0 bridgehead atoms. The average Bonchev–Trinajstić information content (AvgIpc) is 3.04. The van der Waals surface area contributed by atoms with Gasteiger partial charge in [0.15, 0.2) is 5.76 Å². The van der Waals surface area contributed by atoms with Crippen LogP contribution in [0.4, 0.5) is 0 Å². The van der Waals surface area contributed by atoms with Gasteiger partial charge in [-0.2, -0.15) is 0 Å². The SMILES string of the molecule is COC1CCN(C(=O)c2oc3ccccc3c2C)C1. The number of aryl methyl sites for hydroxylation is 1. The third-order valence-corrected chi connectivity index (χ3v) is 3.80. The number of carbonyl (C=O) groups excluding carboxylic acids is 1. The van der Waals surface area contributed by atoms with Crippen molar-refractivity contribution in [1.82, 2.24) is 4.90 Å². The molecule has 4 nitrogen and oxygen atoms in total. The van der Waals surface area contributed by atoms with Crippen LogP contribution in [0.25, 0.3) is 11.0 Å². The summed E-state index contributed by atoms with van der Waals surface area (Å²) in [6.07, 6.45) is 1.04. The van der Waals surface area contributed by atoms with Gasteiger partial charge in [-0.1, -0.05) is 18.2 Å². The number of carbonyl (C=O) groups is 1. The van der Waals surface area contributed by atoms with Crippen LogP contribution in [0.2, 0.25) is 0 Å². The molecule has 0 radical (unpaired) electrons. The smallest absolute Gasteiger partial charge is 0.289 e. The summed E-state index contributed by atoms with van der Waals surface area (Å²) in [5.41, 5.74) is 1.69. The molecule has 1 unspecified atom stereocenters. The van der Waals surface area contributed by atoms with Gasteiger partial charge in [-0.3, -0.25) is 4.79 Å². The fraction of sp³-hybridized carbons (Fsp3) is 0.400. The number of hydrogen-bond donors (Lipinski definition) is 0. The molecule has 100 valence electrons. The van der Waals surface area contributed by atoms with E-state index in [1.54, 1.807) is 12.0 Å². The normalized spacial score (nSPS) is 19.3. The third-order valence-electron chi connectivity index (χ3n) is 3.80. The lowest BCUT2D eigenvalue weighted by atomic mass is 10.1. The highest BCUT2D eigenvalue weighted by molar-refractivity contribution is 5.99. The zero-order chi connectivity index (χ0) is 13.4. The quantitative estimate of drug-likeness (QED) is 0.832. The van der Waals surface area contributed by atoms with E-state index in [1.807, 2.05) is 31.2 Å². The van der Waals surface area contributed by atoms with Gasteiger partial charge >= 0.3 is 0 Å². The number of para-hydroxylation sites is 1. The van der Waals surface area contributed by atoms with Gasteiger partial charge in [-0.15, -0.1) is 0 Å². The molecule has 0 spiro atoms. The maximum Gasteiger partial charge on any atom is 0.289 e. The minimum atomic E-state index is -0.0340. The van der Waals surface area contributed by atoms with Crippen LogP contribution in [0.1, 0.15) is 22.5 Å². The van der Waals surface area contributed by atoms with Crippen molar-refractivity contribution in [3.63, 3.8) is 0 Å². The number of amides is 1.